The molecule has 5 heteroatoms. The molecule has 11 rings (SSSR count). The molecule has 1 aliphatic rings. The van der Waals surface area contributed by atoms with Crippen LogP contribution in [0.3, 0.4) is 0 Å². The number of hydrogen-bond acceptors (Lipinski definition) is 5. The normalized spacial score (nSPS) is 13.0. The standard InChI is InChI=1S/C55H40N4S/c1-35-34-48(36(2)37(3)50(35)54-57-52(38-20-7-4-8-21-38)56-53(58-54)39-22-9-5-10-23-39)59-46-31-16-14-28-43(46)55(40-24-11-6-12-25-40,44-29-15-17-32-47(44)59)45-30-19-27-42-41-26-13-18-33-49(41)60-51(42)45/h4-34H,1-3H3. The van der Waals surface area contributed by atoms with Crippen LogP contribution in [0.15, 0.2) is 188 Å². The summed E-state index contributed by atoms with van der Waals surface area (Å²) in [6.45, 7) is 6.65. The van der Waals surface area contributed by atoms with Crippen LogP contribution in [-0.4, -0.2) is 15.0 Å². The molecule has 0 saturated carbocycles. The number of aromatic nitrogens is 3. The second-order valence-electron chi connectivity index (χ2n) is 15.6. The Balaban J connectivity index is 1.15. The minimum Gasteiger partial charge on any atom is -0.310 e. The molecule has 0 spiro atoms. The Morgan fingerprint density at radius 1 is 0.433 bits per heavy atom. The van der Waals surface area contributed by atoms with Crippen molar-refractivity contribution in [1.82, 2.24) is 15.0 Å². The summed E-state index contributed by atoms with van der Waals surface area (Å²) in [7, 11) is 0. The van der Waals surface area contributed by atoms with Crippen molar-refractivity contribution in [2.75, 3.05) is 4.90 Å². The highest BCUT2D eigenvalue weighted by Crippen LogP contribution is 2.60. The van der Waals surface area contributed by atoms with Crippen LogP contribution in [0.4, 0.5) is 17.1 Å². The van der Waals surface area contributed by atoms with E-state index in [-0.39, 0.29) is 0 Å². The van der Waals surface area contributed by atoms with Gasteiger partial charge in [-0.1, -0.05) is 164 Å². The summed E-state index contributed by atoms with van der Waals surface area (Å²) in [6.07, 6.45) is 0. The molecule has 0 fully saturated rings. The highest BCUT2D eigenvalue weighted by molar-refractivity contribution is 7.26. The van der Waals surface area contributed by atoms with E-state index in [9.17, 15) is 0 Å². The molecule has 2 aromatic heterocycles. The van der Waals surface area contributed by atoms with Gasteiger partial charge in [0.1, 0.15) is 0 Å². The molecule has 0 bridgehead atoms. The summed E-state index contributed by atoms with van der Waals surface area (Å²) >= 11 is 1.90. The Morgan fingerprint density at radius 2 is 0.933 bits per heavy atom. The van der Waals surface area contributed by atoms with Gasteiger partial charge in [0.25, 0.3) is 0 Å². The third kappa shape index (κ3) is 5.46. The molecule has 0 atom stereocenters. The third-order valence-electron chi connectivity index (χ3n) is 12.3. The van der Waals surface area contributed by atoms with Crippen LogP contribution in [0.5, 0.6) is 0 Å². The van der Waals surface area contributed by atoms with Crippen LogP contribution in [0.25, 0.3) is 54.3 Å². The number of para-hydroxylation sites is 2. The van der Waals surface area contributed by atoms with Gasteiger partial charge in [0.15, 0.2) is 17.5 Å². The second kappa shape index (κ2) is 14.3. The number of fused-ring (bicyclic) bond motifs is 5. The van der Waals surface area contributed by atoms with Gasteiger partial charge in [-0.05, 0) is 84.0 Å². The zero-order valence-electron chi connectivity index (χ0n) is 33.6. The molecule has 286 valence electrons. The summed E-state index contributed by atoms with van der Waals surface area (Å²) in [6, 6.07) is 67.6. The maximum atomic E-state index is 5.17. The van der Waals surface area contributed by atoms with E-state index in [0.717, 1.165) is 44.9 Å². The van der Waals surface area contributed by atoms with Crippen molar-refractivity contribution in [1.29, 1.82) is 0 Å². The van der Waals surface area contributed by atoms with E-state index in [0.29, 0.717) is 17.5 Å². The fourth-order valence-electron chi connectivity index (χ4n) is 9.55. The Morgan fingerprint density at radius 3 is 1.57 bits per heavy atom. The van der Waals surface area contributed by atoms with Gasteiger partial charge in [0, 0.05) is 42.6 Å². The molecule has 1 aliphatic heterocycles. The van der Waals surface area contributed by atoms with E-state index >= 15 is 0 Å². The van der Waals surface area contributed by atoms with Crippen molar-refractivity contribution in [3.05, 3.63) is 227 Å². The summed E-state index contributed by atoms with van der Waals surface area (Å²) < 4.78 is 2.61. The third-order valence-corrected chi connectivity index (χ3v) is 13.6. The number of benzene rings is 8. The first-order valence-corrected chi connectivity index (χ1v) is 21.3. The number of nitrogens with zero attached hydrogens (tertiary/aromatic N) is 4. The fourth-order valence-corrected chi connectivity index (χ4v) is 10.8. The fraction of sp³-hybridized carbons (Fsp3) is 0.0727. The molecule has 60 heavy (non-hydrogen) atoms. The van der Waals surface area contributed by atoms with Crippen LogP contribution in [-0.2, 0) is 5.41 Å². The number of rotatable bonds is 6. The first-order chi connectivity index (χ1) is 29.5. The van der Waals surface area contributed by atoms with Crippen LogP contribution in [0.1, 0.15) is 38.9 Å². The topological polar surface area (TPSA) is 41.9 Å². The van der Waals surface area contributed by atoms with Crippen molar-refractivity contribution in [2.24, 2.45) is 0 Å². The zero-order chi connectivity index (χ0) is 40.4. The van der Waals surface area contributed by atoms with Gasteiger partial charge in [-0.2, -0.15) is 0 Å². The van der Waals surface area contributed by atoms with Crippen molar-refractivity contribution >= 4 is 48.6 Å². The van der Waals surface area contributed by atoms with Crippen LogP contribution >= 0.6 is 11.3 Å². The quantitative estimate of drug-likeness (QED) is 0.168. The highest BCUT2D eigenvalue weighted by Gasteiger charge is 2.47. The molecule has 10 aromatic rings. The Kier molecular flexibility index (Phi) is 8.54. The number of aryl methyl sites for hydroxylation is 1. The molecule has 0 N–H and O–H groups in total. The number of thiophene rings is 1. The van der Waals surface area contributed by atoms with E-state index in [1.165, 1.54) is 48.0 Å². The van der Waals surface area contributed by atoms with Gasteiger partial charge in [-0.3, -0.25) is 0 Å². The van der Waals surface area contributed by atoms with Gasteiger partial charge in [0.2, 0.25) is 0 Å². The van der Waals surface area contributed by atoms with Gasteiger partial charge in [0.05, 0.1) is 16.8 Å². The van der Waals surface area contributed by atoms with Crippen molar-refractivity contribution in [3.63, 3.8) is 0 Å². The summed E-state index contributed by atoms with van der Waals surface area (Å²) in [4.78, 5) is 17.8. The van der Waals surface area contributed by atoms with E-state index in [2.05, 4.69) is 177 Å². The smallest absolute Gasteiger partial charge is 0.164 e. The van der Waals surface area contributed by atoms with E-state index < -0.39 is 5.41 Å². The van der Waals surface area contributed by atoms with Crippen LogP contribution < -0.4 is 4.90 Å². The van der Waals surface area contributed by atoms with Gasteiger partial charge in [-0.25, -0.2) is 15.0 Å². The lowest BCUT2D eigenvalue weighted by Crippen LogP contribution is -2.38. The molecule has 0 aliphatic carbocycles. The predicted octanol–water partition coefficient (Wildman–Crippen LogP) is 14.3. The SMILES string of the molecule is Cc1cc(N2c3ccccc3C(c3ccccc3)(c3cccc4c3sc3ccccc34)c3ccccc32)c(C)c(C)c1-c1nc(-c2ccccc2)nc(-c2ccccc2)n1. The molecule has 0 saturated heterocycles. The molecule has 4 nitrogen and oxygen atoms in total. The summed E-state index contributed by atoms with van der Waals surface area (Å²) in [5.41, 5.74) is 14.2. The van der Waals surface area contributed by atoms with Crippen LogP contribution in [0, 0.1) is 20.8 Å². The molecular weight excluding hydrogens is 749 g/mol. The number of hydrogen-bond donors (Lipinski definition) is 0. The lowest BCUT2D eigenvalue weighted by Gasteiger charge is -2.47. The second-order valence-corrected chi connectivity index (χ2v) is 16.7. The maximum Gasteiger partial charge on any atom is 0.164 e. The Labute approximate surface area is 354 Å². The van der Waals surface area contributed by atoms with Crippen molar-refractivity contribution < 1.29 is 0 Å². The minimum atomic E-state index is -0.601. The highest BCUT2D eigenvalue weighted by atomic mass is 32.1. The number of anilines is 3. The summed E-state index contributed by atoms with van der Waals surface area (Å²) in [5, 5.41) is 2.59. The molecule has 3 heterocycles. The lowest BCUT2D eigenvalue weighted by atomic mass is 9.62. The van der Waals surface area contributed by atoms with E-state index in [1.54, 1.807) is 0 Å². The van der Waals surface area contributed by atoms with Gasteiger partial charge < -0.3 is 4.90 Å². The minimum absolute atomic E-state index is 0.601. The molecule has 0 amide bonds. The van der Waals surface area contributed by atoms with E-state index in [1.807, 2.05) is 47.7 Å². The zero-order valence-corrected chi connectivity index (χ0v) is 34.4. The van der Waals surface area contributed by atoms with Crippen molar-refractivity contribution in [2.45, 2.75) is 26.2 Å². The molecule has 0 unspecified atom stereocenters. The summed E-state index contributed by atoms with van der Waals surface area (Å²) in [5.74, 6) is 1.99. The molecule has 0 radical (unpaired) electrons. The van der Waals surface area contributed by atoms with Crippen molar-refractivity contribution in [3.8, 4) is 34.2 Å². The molecule has 8 aromatic carbocycles. The first-order valence-electron chi connectivity index (χ1n) is 20.5. The van der Waals surface area contributed by atoms with Crippen LogP contribution in [0.2, 0.25) is 0 Å². The molecular formula is C55H40N4S. The van der Waals surface area contributed by atoms with Gasteiger partial charge in [-0.15, -0.1) is 11.3 Å². The Hall–Kier alpha value is -7.21. The van der Waals surface area contributed by atoms with E-state index in [4.69, 9.17) is 15.0 Å². The largest absolute Gasteiger partial charge is 0.310 e. The maximum absolute atomic E-state index is 5.17. The monoisotopic (exact) mass is 788 g/mol. The predicted molar refractivity (Wildman–Crippen MR) is 250 cm³/mol. The Bertz CT molecular complexity index is 3140. The van der Waals surface area contributed by atoms with Gasteiger partial charge >= 0.3 is 0 Å². The first kappa shape index (κ1) is 35.9. The lowest BCUT2D eigenvalue weighted by molar-refractivity contribution is 0.739. The average Bonchev–Trinajstić information content (AvgIpc) is 3.70. The average molecular weight is 789 g/mol.